The van der Waals surface area contributed by atoms with Crippen LogP contribution in [-0.4, -0.2) is 27.6 Å². The van der Waals surface area contributed by atoms with Gasteiger partial charge in [0.2, 0.25) is 5.95 Å². The summed E-state index contributed by atoms with van der Waals surface area (Å²) >= 11 is 0. The van der Waals surface area contributed by atoms with Crippen molar-refractivity contribution in [3.05, 3.63) is 96.1 Å². The standard InChI is InChI=1S/C33H39N5/c1-5-21-36(6-2)33-35-30-31(38(33)22-25(3)4)28-19-13-14-20-29(28)34-32(30)37(23-26-15-9-7-10-16-26)24-27-17-11-8-12-18-27/h7-20,25H,5-6,21-24H2,1-4H3. The van der Waals surface area contributed by atoms with E-state index in [1.807, 2.05) is 0 Å². The Labute approximate surface area is 226 Å². The fraction of sp³-hybridized carbons (Fsp3) is 0.333. The minimum Gasteiger partial charge on any atom is -0.346 e. The topological polar surface area (TPSA) is 37.2 Å². The summed E-state index contributed by atoms with van der Waals surface area (Å²) in [4.78, 5) is 15.5. The molecule has 2 aromatic heterocycles. The number of nitrogens with zero attached hydrogens (tertiary/aromatic N) is 5. The van der Waals surface area contributed by atoms with Crippen LogP contribution in [0.15, 0.2) is 84.9 Å². The number of fused-ring (bicyclic) bond motifs is 3. The first-order valence-corrected chi connectivity index (χ1v) is 14.0. The number of hydrogen-bond donors (Lipinski definition) is 0. The van der Waals surface area contributed by atoms with Gasteiger partial charge in [-0.3, -0.25) is 0 Å². The van der Waals surface area contributed by atoms with E-state index in [1.54, 1.807) is 0 Å². The lowest BCUT2D eigenvalue weighted by molar-refractivity contribution is 0.528. The lowest BCUT2D eigenvalue weighted by atomic mass is 10.1. The van der Waals surface area contributed by atoms with E-state index in [9.17, 15) is 0 Å². The maximum Gasteiger partial charge on any atom is 0.206 e. The molecule has 0 saturated heterocycles. The highest BCUT2D eigenvalue weighted by atomic mass is 15.3. The van der Waals surface area contributed by atoms with Crippen LogP contribution in [0.25, 0.3) is 21.9 Å². The summed E-state index contributed by atoms with van der Waals surface area (Å²) in [6, 6.07) is 29.9. The number of pyridine rings is 1. The van der Waals surface area contributed by atoms with E-state index in [0.29, 0.717) is 5.92 Å². The largest absolute Gasteiger partial charge is 0.346 e. The van der Waals surface area contributed by atoms with E-state index >= 15 is 0 Å². The van der Waals surface area contributed by atoms with Crippen molar-refractivity contribution in [2.75, 3.05) is 22.9 Å². The number of benzene rings is 3. The van der Waals surface area contributed by atoms with Crippen LogP contribution in [0, 0.1) is 5.92 Å². The maximum atomic E-state index is 5.39. The zero-order valence-corrected chi connectivity index (χ0v) is 23.1. The minimum absolute atomic E-state index is 0.492. The molecule has 0 aliphatic carbocycles. The predicted molar refractivity (Wildman–Crippen MR) is 161 cm³/mol. The molecule has 0 amide bonds. The smallest absolute Gasteiger partial charge is 0.206 e. The summed E-state index contributed by atoms with van der Waals surface area (Å²) in [5.41, 5.74) is 5.70. The van der Waals surface area contributed by atoms with E-state index in [2.05, 4.69) is 127 Å². The van der Waals surface area contributed by atoms with Crippen molar-refractivity contribution in [1.29, 1.82) is 0 Å². The Morgan fingerprint density at radius 1 is 0.737 bits per heavy atom. The molecule has 2 heterocycles. The van der Waals surface area contributed by atoms with Gasteiger partial charge in [0.15, 0.2) is 5.82 Å². The van der Waals surface area contributed by atoms with Crippen molar-refractivity contribution in [3.63, 3.8) is 0 Å². The van der Waals surface area contributed by atoms with Crippen molar-refractivity contribution in [1.82, 2.24) is 14.5 Å². The number of anilines is 2. The highest BCUT2D eigenvalue weighted by molar-refractivity contribution is 6.08. The number of aromatic nitrogens is 3. The molecule has 0 fully saturated rings. The lowest BCUT2D eigenvalue weighted by Gasteiger charge is -2.25. The van der Waals surface area contributed by atoms with Gasteiger partial charge in [-0.15, -0.1) is 0 Å². The molecule has 0 N–H and O–H groups in total. The molecule has 5 rings (SSSR count). The Balaban J connectivity index is 1.77. The van der Waals surface area contributed by atoms with Gasteiger partial charge in [-0.05, 0) is 36.5 Å². The van der Waals surface area contributed by atoms with Crippen LogP contribution in [0.5, 0.6) is 0 Å². The summed E-state index contributed by atoms with van der Waals surface area (Å²) in [5.74, 6) is 2.49. The zero-order valence-electron chi connectivity index (χ0n) is 23.1. The molecule has 0 radical (unpaired) electrons. The van der Waals surface area contributed by atoms with Crippen LogP contribution >= 0.6 is 0 Å². The third-order valence-corrected chi connectivity index (χ3v) is 6.98. The lowest BCUT2D eigenvalue weighted by Crippen LogP contribution is -2.27. The van der Waals surface area contributed by atoms with Gasteiger partial charge in [0.25, 0.3) is 0 Å². The highest BCUT2D eigenvalue weighted by Gasteiger charge is 2.24. The molecular formula is C33H39N5. The van der Waals surface area contributed by atoms with Crippen molar-refractivity contribution >= 4 is 33.7 Å². The van der Waals surface area contributed by atoms with E-state index < -0.39 is 0 Å². The van der Waals surface area contributed by atoms with Gasteiger partial charge in [-0.25, -0.2) is 9.97 Å². The van der Waals surface area contributed by atoms with Gasteiger partial charge in [-0.1, -0.05) is 99.6 Å². The Bertz CT molecular complexity index is 1430. The van der Waals surface area contributed by atoms with Crippen LogP contribution in [0.2, 0.25) is 0 Å². The summed E-state index contributed by atoms with van der Waals surface area (Å²) in [7, 11) is 0. The number of hydrogen-bond acceptors (Lipinski definition) is 4. The average Bonchev–Trinajstić information content (AvgIpc) is 3.30. The molecule has 0 spiro atoms. The molecule has 0 atom stereocenters. The van der Waals surface area contributed by atoms with Crippen LogP contribution in [0.4, 0.5) is 11.8 Å². The van der Waals surface area contributed by atoms with Crippen LogP contribution in [-0.2, 0) is 19.6 Å². The van der Waals surface area contributed by atoms with Gasteiger partial charge < -0.3 is 14.4 Å². The zero-order chi connectivity index (χ0) is 26.5. The van der Waals surface area contributed by atoms with E-state index in [4.69, 9.17) is 9.97 Å². The second-order valence-corrected chi connectivity index (χ2v) is 10.5. The van der Waals surface area contributed by atoms with Crippen molar-refractivity contribution < 1.29 is 0 Å². The number of rotatable bonds is 11. The molecular weight excluding hydrogens is 466 g/mol. The molecule has 196 valence electrons. The van der Waals surface area contributed by atoms with Crippen molar-refractivity contribution in [3.8, 4) is 0 Å². The highest BCUT2D eigenvalue weighted by Crippen LogP contribution is 2.36. The number of para-hydroxylation sites is 1. The van der Waals surface area contributed by atoms with Gasteiger partial charge in [0.1, 0.15) is 5.52 Å². The summed E-state index contributed by atoms with van der Waals surface area (Å²) < 4.78 is 2.45. The molecule has 5 heteroatoms. The monoisotopic (exact) mass is 505 g/mol. The second kappa shape index (κ2) is 11.7. The van der Waals surface area contributed by atoms with Crippen molar-refractivity contribution in [2.45, 2.75) is 53.8 Å². The summed E-state index contributed by atoms with van der Waals surface area (Å²) in [5, 5.41) is 1.16. The Morgan fingerprint density at radius 3 is 1.92 bits per heavy atom. The first-order chi connectivity index (χ1) is 18.6. The predicted octanol–water partition coefficient (Wildman–Crippen LogP) is 7.68. The van der Waals surface area contributed by atoms with Crippen LogP contribution < -0.4 is 9.80 Å². The molecule has 3 aromatic carbocycles. The summed E-state index contributed by atoms with van der Waals surface area (Å²) in [6.45, 7) is 13.4. The number of imidazole rings is 1. The van der Waals surface area contributed by atoms with Gasteiger partial charge in [0.05, 0.1) is 11.0 Å². The Hall–Kier alpha value is -3.86. The first-order valence-electron chi connectivity index (χ1n) is 14.0. The minimum atomic E-state index is 0.492. The molecule has 5 nitrogen and oxygen atoms in total. The van der Waals surface area contributed by atoms with E-state index in [1.165, 1.54) is 16.6 Å². The van der Waals surface area contributed by atoms with Gasteiger partial charge in [-0.2, -0.15) is 0 Å². The van der Waals surface area contributed by atoms with Gasteiger partial charge in [0, 0.05) is 38.1 Å². The third kappa shape index (κ3) is 5.38. The molecule has 0 unspecified atom stereocenters. The summed E-state index contributed by atoms with van der Waals surface area (Å²) in [6.07, 6.45) is 1.08. The molecule has 38 heavy (non-hydrogen) atoms. The van der Waals surface area contributed by atoms with E-state index in [0.717, 1.165) is 67.3 Å². The SMILES string of the molecule is CCCN(CC)c1nc2c(N(Cc3ccccc3)Cc3ccccc3)nc3ccccc3c2n1CC(C)C. The molecule has 5 aromatic rings. The maximum absolute atomic E-state index is 5.39. The van der Waals surface area contributed by atoms with Crippen LogP contribution in [0.1, 0.15) is 45.2 Å². The fourth-order valence-corrected chi connectivity index (χ4v) is 5.29. The van der Waals surface area contributed by atoms with Crippen molar-refractivity contribution in [2.24, 2.45) is 5.92 Å². The average molecular weight is 506 g/mol. The quantitative estimate of drug-likeness (QED) is 0.184. The Morgan fingerprint density at radius 2 is 1.34 bits per heavy atom. The second-order valence-electron chi connectivity index (χ2n) is 10.5. The van der Waals surface area contributed by atoms with Gasteiger partial charge >= 0.3 is 0 Å². The first kappa shape index (κ1) is 25.8. The normalized spacial score (nSPS) is 11.5. The molecule has 0 bridgehead atoms. The Kier molecular flexibility index (Phi) is 7.92. The molecule has 0 aliphatic heterocycles. The molecule has 0 saturated carbocycles. The van der Waals surface area contributed by atoms with Crippen LogP contribution in [0.3, 0.4) is 0 Å². The van der Waals surface area contributed by atoms with E-state index in [-0.39, 0.29) is 0 Å². The third-order valence-electron chi connectivity index (χ3n) is 6.98. The fourth-order valence-electron chi connectivity index (χ4n) is 5.29. The molecule has 0 aliphatic rings.